The Kier molecular flexibility index (Phi) is 5.33. The lowest BCUT2D eigenvalue weighted by Gasteiger charge is -2.39. The molecule has 7 heteroatoms. The highest BCUT2D eigenvalue weighted by Gasteiger charge is 2.37. The summed E-state index contributed by atoms with van der Waals surface area (Å²) in [6, 6.07) is 8.11. The van der Waals surface area contributed by atoms with Gasteiger partial charge in [-0.05, 0) is 11.6 Å². The summed E-state index contributed by atoms with van der Waals surface area (Å²) in [4.78, 5) is 21.6. The third-order valence-electron chi connectivity index (χ3n) is 4.14. The molecule has 0 bridgehead atoms. The normalized spacial score (nSPS) is 14.6. The molecule has 0 fully saturated rings. The van der Waals surface area contributed by atoms with Crippen molar-refractivity contribution in [3.8, 4) is 0 Å². The molecular formula is C16H26N2O4P+. The number of benzene rings is 1. The summed E-state index contributed by atoms with van der Waals surface area (Å²) >= 11 is 0. The molecule has 1 atom stereocenters. The smallest absolute Gasteiger partial charge is 0.361 e. The first kappa shape index (κ1) is 18.2. The van der Waals surface area contributed by atoms with E-state index in [-0.39, 0.29) is 5.92 Å². The van der Waals surface area contributed by atoms with Crippen LogP contribution in [0.3, 0.4) is 0 Å². The highest BCUT2D eigenvalue weighted by atomic mass is 31.2. The van der Waals surface area contributed by atoms with Crippen molar-refractivity contribution in [2.45, 2.75) is 26.5 Å². The van der Waals surface area contributed by atoms with Crippen LogP contribution < -0.4 is 0 Å². The molecule has 0 aliphatic carbocycles. The predicted molar refractivity (Wildman–Crippen MR) is 90.7 cm³/mol. The molecule has 0 aliphatic rings. The predicted octanol–water partition coefficient (Wildman–Crippen LogP) is 2.88. The Hall–Kier alpha value is -1.17. The van der Waals surface area contributed by atoms with E-state index in [0.717, 1.165) is 11.9 Å². The number of nitrogens with one attached hydrogen (secondary N) is 1. The molecule has 1 heterocycles. The topological polar surface area (TPSA) is 82.6 Å². The third kappa shape index (κ3) is 4.66. The summed E-state index contributed by atoms with van der Waals surface area (Å²) in [6.45, 7) is 4.53. The van der Waals surface area contributed by atoms with Crippen molar-refractivity contribution in [3.05, 3.63) is 36.0 Å². The second-order valence-corrected chi connectivity index (χ2v) is 8.03. The van der Waals surface area contributed by atoms with Gasteiger partial charge in [-0.3, -0.25) is 0 Å². The van der Waals surface area contributed by atoms with E-state index in [0.29, 0.717) is 11.0 Å². The number of para-hydroxylation sites is 1. The number of aromatic amines is 1. The summed E-state index contributed by atoms with van der Waals surface area (Å²) in [5, 5.41) is 1.18. The van der Waals surface area contributed by atoms with Crippen LogP contribution in [0.15, 0.2) is 30.5 Å². The molecule has 0 radical (unpaired) electrons. The molecule has 0 amide bonds. The fourth-order valence-electron chi connectivity index (χ4n) is 3.07. The minimum Gasteiger partial charge on any atom is -0.361 e. The quantitative estimate of drug-likeness (QED) is 0.411. The Morgan fingerprint density at radius 3 is 2.52 bits per heavy atom. The monoisotopic (exact) mass is 341 g/mol. The molecule has 0 saturated heterocycles. The highest BCUT2D eigenvalue weighted by Crippen LogP contribution is 2.41. The van der Waals surface area contributed by atoms with Gasteiger partial charge < -0.3 is 19.3 Å². The number of aromatic nitrogens is 1. The fraction of sp³-hybridized carbons (Fsp3) is 0.500. The van der Waals surface area contributed by atoms with Crippen molar-refractivity contribution in [1.82, 2.24) is 4.98 Å². The standard InChI is InChI=1S/C16H25N2O4P/c1-12(2)16(22-23(19,20)21)18(3,4)10-9-13-11-17-15-8-6-5-7-14(13)15/h5-8,11-12,16-17H,9-10H2,1-4H3,(H-,19,20,21)/p+1. The van der Waals surface area contributed by atoms with Crippen LogP contribution in [-0.2, 0) is 15.5 Å². The van der Waals surface area contributed by atoms with E-state index in [1.54, 1.807) is 0 Å². The van der Waals surface area contributed by atoms with Crippen LogP contribution in [0.2, 0.25) is 0 Å². The van der Waals surface area contributed by atoms with Gasteiger partial charge in [-0.25, -0.2) is 9.09 Å². The molecule has 23 heavy (non-hydrogen) atoms. The van der Waals surface area contributed by atoms with Crippen LogP contribution in [-0.4, -0.2) is 46.1 Å². The van der Waals surface area contributed by atoms with E-state index in [9.17, 15) is 4.57 Å². The highest BCUT2D eigenvalue weighted by molar-refractivity contribution is 7.46. The summed E-state index contributed by atoms with van der Waals surface area (Å²) < 4.78 is 16.7. The Morgan fingerprint density at radius 1 is 1.26 bits per heavy atom. The number of nitrogens with zero attached hydrogens (tertiary/aromatic N) is 1. The minimum absolute atomic E-state index is 0.0133. The molecule has 0 saturated carbocycles. The Morgan fingerprint density at radius 2 is 1.91 bits per heavy atom. The third-order valence-corrected chi connectivity index (χ3v) is 4.63. The van der Waals surface area contributed by atoms with E-state index >= 15 is 0 Å². The van der Waals surface area contributed by atoms with Crippen LogP contribution in [0, 0.1) is 5.92 Å². The average Bonchev–Trinajstić information content (AvgIpc) is 2.85. The van der Waals surface area contributed by atoms with E-state index < -0.39 is 14.1 Å². The summed E-state index contributed by atoms with van der Waals surface area (Å²) in [5.41, 5.74) is 2.30. The van der Waals surface area contributed by atoms with Crippen molar-refractivity contribution in [3.63, 3.8) is 0 Å². The van der Waals surface area contributed by atoms with E-state index in [1.165, 1.54) is 10.9 Å². The number of quaternary nitrogens is 1. The van der Waals surface area contributed by atoms with E-state index in [2.05, 4.69) is 11.1 Å². The largest absolute Gasteiger partial charge is 0.474 e. The molecule has 2 rings (SSSR count). The van der Waals surface area contributed by atoms with Gasteiger partial charge in [-0.2, -0.15) is 0 Å². The van der Waals surface area contributed by atoms with Crippen LogP contribution >= 0.6 is 7.82 Å². The zero-order valence-corrected chi connectivity index (χ0v) is 15.0. The Balaban J connectivity index is 2.14. The lowest BCUT2D eigenvalue weighted by atomic mass is 10.1. The summed E-state index contributed by atoms with van der Waals surface area (Å²) in [7, 11) is -0.638. The van der Waals surface area contributed by atoms with Gasteiger partial charge in [0.2, 0.25) is 6.23 Å². The van der Waals surface area contributed by atoms with Crippen molar-refractivity contribution in [1.29, 1.82) is 0 Å². The molecule has 1 aromatic carbocycles. The zero-order chi connectivity index (χ0) is 17.3. The second kappa shape index (κ2) is 6.75. The lowest BCUT2D eigenvalue weighted by molar-refractivity contribution is -0.937. The molecule has 2 aromatic rings. The van der Waals surface area contributed by atoms with Gasteiger partial charge >= 0.3 is 7.82 Å². The van der Waals surface area contributed by atoms with Crippen LogP contribution in [0.4, 0.5) is 0 Å². The number of hydrogen-bond donors (Lipinski definition) is 3. The molecule has 1 aromatic heterocycles. The number of fused-ring (bicyclic) bond motifs is 1. The maximum Gasteiger partial charge on any atom is 0.474 e. The van der Waals surface area contributed by atoms with E-state index in [1.807, 2.05) is 52.3 Å². The molecule has 1 unspecified atom stereocenters. The van der Waals surface area contributed by atoms with Gasteiger partial charge in [0.05, 0.1) is 20.6 Å². The molecule has 0 aliphatic heterocycles. The minimum atomic E-state index is -4.52. The lowest BCUT2D eigenvalue weighted by Crippen LogP contribution is -2.53. The Bertz CT molecular complexity index is 705. The summed E-state index contributed by atoms with van der Waals surface area (Å²) in [6.07, 6.45) is 2.23. The van der Waals surface area contributed by atoms with Crippen LogP contribution in [0.25, 0.3) is 10.9 Å². The van der Waals surface area contributed by atoms with Gasteiger partial charge in [0.1, 0.15) is 0 Å². The first-order valence-corrected chi connectivity index (χ1v) is 9.25. The van der Waals surface area contributed by atoms with Crippen LogP contribution in [0.5, 0.6) is 0 Å². The maximum absolute atomic E-state index is 11.3. The van der Waals surface area contributed by atoms with Gasteiger partial charge in [0, 0.05) is 29.4 Å². The first-order chi connectivity index (χ1) is 10.6. The van der Waals surface area contributed by atoms with Crippen molar-refractivity contribution in [2.75, 3.05) is 20.6 Å². The van der Waals surface area contributed by atoms with Crippen LogP contribution in [0.1, 0.15) is 19.4 Å². The number of rotatable bonds is 7. The first-order valence-electron chi connectivity index (χ1n) is 7.72. The number of H-pyrrole nitrogens is 1. The van der Waals surface area contributed by atoms with Crippen molar-refractivity contribution >= 4 is 18.7 Å². The summed E-state index contributed by atoms with van der Waals surface area (Å²) in [5.74, 6) is -0.0133. The maximum atomic E-state index is 11.3. The molecule has 3 N–H and O–H groups in total. The molecular weight excluding hydrogens is 315 g/mol. The molecule has 0 spiro atoms. The fourth-order valence-corrected chi connectivity index (χ4v) is 3.85. The number of phosphoric ester groups is 1. The average molecular weight is 341 g/mol. The van der Waals surface area contributed by atoms with Crippen molar-refractivity contribution in [2.24, 2.45) is 5.92 Å². The number of hydrogen-bond acceptors (Lipinski definition) is 2. The Labute approximate surface area is 136 Å². The van der Waals surface area contributed by atoms with Gasteiger partial charge in [0.25, 0.3) is 0 Å². The molecule has 128 valence electrons. The van der Waals surface area contributed by atoms with Gasteiger partial charge in [0.15, 0.2) is 0 Å². The van der Waals surface area contributed by atoms with Gasteiger partial charge in [-0.1, -0.05) is 32.0 Å². The molecule has 6 nitrogen and oxygen atoms in total. The van der Waals surface area contributed by atoms with Gasteiger partial charge in [-0.15, -0.1) is 0 Å². The zero-order valence-electron chi connectivity index (χ0n) is 14.1. The van der Waals surface area contributed by atoms with E-state index in [4.69, 9.17) is 14.3 Å². The second-order valence-electron chi connectivity index (χ2n) is 6.84. The number of likely N-dealkylation sites (N-methyl/N-ethyl adjacent to an activating group) is 1. The SMILES string of the molecule is CC(C)C(OP(=O)(O)O)[N+](C)(C)CCc1c[nH]c2ccccc12. The van der Waals surface area contributed by atoms with Crippen molar-refractivity contribution < 1.29 is 23.4 Å². The number of phosphoric acid groups is 1.